The van der Waals surface area contributed by atoms with Crippen LogP contribution >= 0.6 is 0 Å². The van der Waals surface area contributed by atoms with Crippen LogP contribution in [0, 0.1) is 35.9 Å². The van der Waals surface area contributed by atoms with Crippen LogP contribution in [-0.4, -0.2) is 24.5 Å². The Hall–Kier alpha value is -5.10. The number of hydrogen-bond donors (Lipinski definition) is 0. The van der Waals surface area contributed by atoms with Crippen LogP contribution in [0.3, 0.4) is 0 Å². The van der Waals surface area contributed by atoms with Crippen LogP contribution in [0.15, 0.2) is 116 Å². The molecule has 0 atom stereocenters. The van der Waals surface area contributed by atoms with Crippen LogP contribution in [-0.2, 0) is 42.1 Å². The van der Waals surface area contributed by atoms with Crippen molar-refractivity contribution < 1.29 is 60.4 Å². The average Bonchev–Trinajstić information content (AvgIpc) is 3.41. The third-order valence-corrected chi connectivity index (χ3v) is 7.28. The van der Waals surface area contributed by atoms with Gasteiger partial charge in [-0.25, -0.2) is 9.97 Å². The summed E-state index contributed by atoms with van der Waals surface area (Å²) < 4.78 is 44.8. The van der Waals surface area contributed by atoms with Crippen LogP contribution in [0.5, 0.6) is 23.0 Å². The molecule has 49 heavy (non-hydrogen) atoms. The van der Waals surface area contributed by atoms with E-state index in [1.165, 1.54) is 12.1 Å². The summed E-state index contributed by atoms with van der Waals surface area (Å²) in [6.45, 7) is 0. The summed E-state index contributed by atoms with van der Waals surface area (Å²) in [5.74, 6) is -1.03. The first-order valence-corrected chi connectivity index (χ1v) is 14.4. The van der Waals surface area contributed by atoms with Gasteiger partial charge in [-0.05, 0) is 29.6 Å². The summed E-state index contributed by atoms with van der Waals surface area (Å²) in [6, 6.07) is 38.1. The van der Waals surface area contributed by atoms with Crippen molar-refractivity contribution in [2.45, 2.75) is 0 Å². The summed E-state index contributed by atoms with van der Waals surface area (Å²) in [5, 5.41) is 0.711. The summed E-state index contributed by atoms with van der Waals surface area (Å²) in [5.41, 5.74) is 3.43. The standard InChI is InChI=1S/C38H19F2N5O2.2Pt/c39-30-20-28-29-21-31(40)37(47-27-11-6-9-25(19-27)33-13-2-4-15-42-33)23-35(29)45(38-43-16-7-17-44-38)34(28)22-36(30)46-26-10-5-8-24(18-26)32-12-1-3-14-41-32;;/h1-17,20-21H;;/q-4;2*+2. The SMILES string of the molecule is Fc1cc2c3cc(F)c(Oc4[c-]c(-c5ccccn5)ccc4)[c-]c3n(-c3ncccn3)c2[c-]c1Oc1[c-]c(-c2ccccn2)ccc1.[Pt+2].[Pt+2]. The topological polar surface area (TPSA) is 75.0 Å². The van der Waals surface area contributed by atoms with E-state index in [1.807, 2.05) is 48.5 Å². The van der Waals surface area contributed by atoms with Crippen LogP contribution in [0.4, 0.5) is 8.78 Å². The minimum absolute atomic E-state index is 0. The Morgan fingerprint density at radius 1 is 0.510 bits per heavy atom. The number of pyridine rings is 2. The predicted octanol–water partition coefficient (Wildman–Crippen LogP) is 8.76. The maximum atomic E-state index is 15.7. The maximum Gasteiger partial charge on any atom is 2.00 e. The molecule has 8 aromatic rings. The monoisotopic (exact) mass is 1010 g/mol. The normalized spacial score (nSPS) is 10.7. The van der Waals surface area contributed by atoms with Gasteiger partial charge in [-0.3, -0.25) is 8.78 Å². The van der Waals surface area contributed by atoms with E-state index in [4.69, 9.17) is 9.47 Å². The van der Waals surface area contributed by atoms with Crippen LogP contribution < -0.4 is 9.47 Å². The second-order valence-corrected chi connectivity index (χ2v) is 10.3. The van der Waals surface area contributed by atoms with Gasteiger partial charge in [-0.1, -0.05) is 47.4 Å². The van der Waals surface area contributed by atoms with Gasteiger partial charge in [0.25, 0.3) is 0 Å². The number of hydrogen-bond acceptors (Lipinski definition) is 6. The molecule has 0 amide bonds. The van der Waals surface area contributed by atoms with Crippen LogP contribution in [0.1, 0.15) is 0 Å². The summed E-state index contributed by atoms with van der Waals surface area (Å²) in [7, 11) is 0. The van der Waals surface area contributed by atoms with Gasteiger partial charge in [0, 0.05) is 59.4 Å². The Labute approximate surface area is 308 Å². The van der Waals surface area contributed by atoms with Crippen molar-refractivity contribution >= 4 is 21.8 Å². The van der Waals surface area contributed by atoms with Crippen LogP contribution in [0.2, 0.25) is 0 Å². The Balaban J connectivity index is 0.00000208. The van der Waals surface area contributed by atoms with E-state index < -0.39 is 11.6 Å². The molecule has 0 spiro atoms. The Bertz CT molecular complexity index is 2250. The molecule has 0 saturated heterocycles. The Kier molecular flexibility index (Phi) is 10.0. The van der Waals surface area contributed by atoms with Crippen molar-refractivity contribution in [1.29, 1.82) is 0 Å². The molecule has 0 saturated carbocycles. The molecule has 8 rings (SSSR count). The van der Waals surface area contributed by atoms with Crippen molar-refractivity contribution in [3.8, 4) is 51.5 Å². The van der Waals surface area contributed by atoms with Gasteiger partial charge in [-0.2, -0.15) is 10.8 Å². The Morgan fingerprint density at radius 2 is 0.980 bits per heavy atom. The molecule has 0 radical (unpaired) electrons. The van der Waals surface area contributed by atoms with Gasteiger partial charge in [0.15, 0.2) is 0 Å². The summed E-state index contributed by atoms with van der Waals surface area (Å²) in [4.78, 5) is 17.5. The maximum absolute atomic E-state index is 15.7. The van der Waals surface area contributed by atoms with Gasteiger partial charge >= 0.3 is 42.1 Å². The summed E-state index contributed by atoms with van der Waals surface area (Å²) in [6.07, 6.45) is 6.49. The first kappa shape index (κ1) is 33.8. The number of ether oxygens (including phenoxy) is 2. The zero-order chi connectivity index (χ0) is 31.7. The molecular weight excluding hydrogens is 987 g/mol. The van der Waals surface area contributed by atoms with Crippen molar-refractivity contribution in [1.82, 2.24) is 24.5 Å². The smallest absolute Gasteiger partial charge is 0.500 e. The van der Waals surface area contributed by atoms with E-state index in [0.717, 1.165) is 0 Å². The fraction of sp³-hybridized carbons (Fsp3) is 0. The second-order valence-electron chi connectivity index (χ2n) is 10.3. The van der Waals surface area contributed by atoms with Crippen LogP contribution in [0.25, 0.3) is 50.3 Å². The van der Waals surface area contributed by atoms with Gasteiger partial charge < -0.3 is 24.0 Å². The van der Waals surface area contributed by atoms with E-state index in [0.29, 0.717) is 44.3 Å². The molecule has 0 aliphatic heterocycles. The molecule has 4 heterocycles. The molecule has 0 bridgehead atoms. The Morgan fingerprint density at radius 3 is 1.43 bits per heavy atom. The number of fused-ring (bicyclic) bond motifs is 3. The molecule has 0 fully saturated rings. The third-order valence-electron chi connectivity index (χ3n) is 7.28. The third kappa shape index (κ3) is 6.78. The second kappa shape index (κ2) is 14.6. The molecule has 0 aliphatic rings. The molecule has 0 unspecified atom stereocenters. The first-order valence-electron chi connectivity index (χ1n) is 14.4. The summed E-state index contributed by atoms with van der Waals surface area (Å²) >= 11 is 0. The number of nitrogens with zero attached hydrogens (tertiary/aromatic N) is 5. The molecule has 7 nitrogen and oxygen atoms in total. The minimum Gasteiger partial charge on any atom is -0.500 e. The van der Waals surface area contributed by atoms with Crippen molar-refractivity contribution in [2.75, 3.05) is 0 Å². The predicted molar refractivity (Wildman–Crippen MR) is 171 cm³/mol. The van der Waals surface area contributed by atoms with Crippen molar-refractivity contribution in [2.24, 2.45) is 0 Å². The van der Waals surface area contributed by atoms with E-state index in [-0.39, 0.29) is 71.1 Å². The van der Waals surface area contributed by atoms with Gasteiger partial charge in [0.1, 0.15) is 0 Å². The minimum atomic E-state index is -0.705. The molecular formula is C38H19F2N5O2Pt2. The molecule has 0 N–H and O–H groups in total. The van der Waals surface area contributed by atoms with Crippen molar-refractivity contribution in [3.63, 3.8) is 0 Å². The quantitative estimate of drug-likeness (QED) is 0.149. The number of benzene rings is 4. The van der Waals surface area contributed by atoms with Gasteiger partial charge in [0.2, 0.25) is 5.95 Å². The zero-order valence-corrected chi connectivity index (χ0v) is 29.5. The average molecular weight is 1010 g/mol. The number of aromatic nitrogens is 5. The van der Waals surface area contributed by atoms with E-state index >= 15 is 8.78 Å². The van der Waals surface area contributed by atoms with E-state index in [2.05, 4.69) is 44.2 Å². The molecule has 4 aromatic carbocycles. The number of rotatable bonds is 7. The zero-order valence-electron chi connectivity index (χ0n) is 24.9. The van der Waals surface area contributed by atoms with E-state index in [1.54, 1.807) is 59.7 Å². The van der Waals surface area contributed by atoms with Crippen molar-refractivity contribution in [3.05, 3.63) is 152 Å². The fourth-order valence-corrected chi connectivity index (χ4v) is 5.20. The molecule has 242 valence electrons. The molecule has 11 heteroatoms. The first-order chi connectivity index (χ1) is 23.1. The largest absolute Gasteiger partial charge is 2.00 e. The van der Waals surface area contributed by atoms with Gasteiger partial charge in [0.05, 0.1) is 0 Å². The molecule has 0 aliphatic carbocycles. The molecule has 4 aromatic heterocycles. The van der Waals surface area contributed by atoms with Gasteiger partial charge in [-0.15, -0.1) is 71.8 Å². The fourth-order valence-electron chi connectivity index (χ4n) is 5.20. The number of halogens is 2. The van der Waals surface area contributed by atoms with E-state index in [9.17, 15) is 0 Å².